The molecule has 0 saturated carbocycles. The lowest BCUT2D eigenvalue weighted by Crippen LogP contribution is -2.54. The Morgan fingerprint density at radius 1 is 1.36 bits per heavy atom. The Kier molecular flexibility index (Phi) is 4.49. The smallest absolute Gasteiger partial charge is 0.329 e. The van der Waals surface area contributed by atoms with E-state index < -0.39 is 21.2 Å². The van der Waals surface area contributed by atoms with Crippen molar-refractivity contribution in [3.63, 3.8) is 0 Å². The topological polar surface area (TPSA) is 66.4 Å². The van der Waals surface area contributed by atoms with Crippen LogP contribution in [0.2, 0.25) is 0 Å². The summed E-state index contributed by atoms with van der Waals surface area (Å²) in [5.74, 6) is -2.13. The predicted molar refractivity (Wildman–Crippen MR) is 54.8 cm³/mol. The number of carboxylic acid groups (broad SMARTS) is 1. The Morgan fingerprint density at radius 2 is 1.79 bits per heavy atom. The molecule has 82 valence electrons. The van der Waals surface area contributed by atoms with Gasteiger partial charge in [0.05, 0.1) is 0 Å². The van der Waals surface area contributed by atoms with Gasteiger partial charge in [0.1, 0.15) is 5.54 Å². The molecule has 0 aliphatic heterocycles. The van der Waals surface area contributed by atoms with Crippen molar-refractivity contribution >= 4 is 46.7 Å². The number of alkyl halides is 3. The first-order valence-corrected chi connectivity index (χ1v) is 4.89. The quantitative estimate of drug-likeness (QED) is 0.761. The van der Waals surface area contributed by atoms with Crippen molar-refractivity contribution in [3.8, 4) is 0 Å². The third kappa shape index (κ3) is 3.52. The molecule has 0 fully saturated rings. The normalized spacial score (nSPS) is 15.8. The molecule has 14 heavy (non-hydrogen) atoms. The van der Waals surface area contributed by atoms with E-state index in [0.717, 1.165) is 0 Å². The maximum atomic E-state index is 11.2. The summed E-state index contributed by atoms with van der Waals surface area (Å²) >= 11 is 15.8. The Morgan fingerprint density at radius 3 is 2.00 bits per heavy atom. The number of hydrogen-bond acceptors (Lipinski definition) is 2. The van der Waals surface area contributed by atoms with E-state index in [4.69, 9.17) is 39.9 Å². The van der Waals surface area contributed by atoms with Crippen molar-refractivity contribution in [1.82, 2.24) is 5.32 Å². The number of carbonyl (C=O) groups excluding carboxylic acids is 1. The van der Waals surface area contributed by atoms with E-state index >= 15 is 0 Å². The number of carboxylic acids is 1. The fraction of sp³-hybridized carbons (Fsp3) is 0.714. The van der Waals surface area contributed by atoms with Crippen LogP contribution in [0.5, 0.6) is 0 Å². The Balaban J connectivity index is 4.65. The molecular formula is C7H10Cl3NO3. The standard InChI is InChI=1S/C7H10Cl3NO3/c1-3-6(2,5(13)14)11-4(12)7(8,9)10/h3H2,1-2H3,(H,11,12)(H,13,14). The first-order valence-electron chi connectivity index (χ1n) is 3.76. The van der Waals surface area contributed by atoms with Crippen molar-refractivity contribution in [2.45, 2.75) is 29.6 Å². The molecule has 1 amide bonds. The Labute approximate surface area is 96.5 Å². The summed E-state index contributed by atoms with van der Waals surface area (Å²) in [5, 5.41) is 11.0. The van der Waals surface area contributed by atoms with Crippen LogP contribution in [0.4, 0.5) is 0 Å². The molecule has 1 atom stereocenters. The van der Waals surface area contributed by atoms with E-state index in [1.165, 1.54) is 6.92 Å². The average molecular weight is 263 g/mol. The van der Waals surface area contributed by atoms with Gasteiger partial charge in [0.25, 0.3) is 9.70 Å². The summed E-state index contributed by atoms with van der Waals surface area (Å²) in [6.07, 6.45) is 0.189. The lowest BCUT2D eigenvalue weighted by Gasteiger charge is -2.26. The zero-order valence-electron chi connectivity index (χ0n) is 7.60. The van der Waals surface area contributed by atoms with Crippen LogP contribution in [0.1, 0.15) is 20.3 Å². The number of halogens is 3. The molecule has 2 N–H and O–H groups in total. The minimum absolute atomic E-state index is 0.189. The van der Waals surface area contributed by atoms with Crippen LogP contribution in [-0.2, 0) is 9.59 Å². The number of nitrogens with one attached hydrogen (secondary N) is 1. The fourth-order valence-corrected chi connectivity index (χ4v) is 0.756. The zero-order chi connectivity index (χ0) is 11.6. The van der Waals surface area contributed by atoms with E-state index in [-0.39, 0.29) is 6.42 Å². The SMILES string of the molecule is CCC(C)(NC(=O)C(Cl)(Cl)Cl)C(=O)O. The van der Waals surface area contributed by atoms with E-state index in [0.29, 0.717) is 0 Å². The molecule has 7 heteroatoms. The second-order valence-corrected chi connectivity index (χ2v) is 5.22. The van der Waals surface area contributed by atoms with Gasteiger partial charge in [-0.3, -0.25) is 4.79 Å². The Bertz CT molecular complexity index is 251. The molecular weight excluding hydrogens is 252 g/mol. The van der Waals surface area contributed by atoms with Crippen LogP contribution in [0.15, 0.2) is 0 Å². The van der Waals surface area contributed by atoms with Gasteiger partial charge in [-0.05, 0) is 13.3 Å². The molecule has 4 nitrogen and oxygen atoms in total. The van der Waals surface area contributed by atoms with E-state index in [2.05, 4.69) is 5.32 Å². The summed E-state index contributed by atoms with van der Waals surface area (Å²) in [7, 11) is 0. The summed E-state index contributed by atoms with van der Waals surface area (Å²) in [4.78, 5) is 21.9. The maximum absolute atomic E-state index is 11.2. The number of hydrogen-bond donors (Lipinski definition) is 2. The minimum atomic E-state index is -2.15. The first-order chi connectivity index (χ1) is 6.13. The molecule has 0 radical (unpaired) electrons. The molecule has 0 spiro atoms. The molecule has 0 aromatic heterocycles. The highest BCUT2D eigenvalue weighted by molar-refractivity contribution is 6.76. The number of aliphatic carboxylic acids is 1. The monoisotopic (exact) mass is 261 g/mol. The zero-order valence-corrected chi connectivity index (χ0v) is 9.87. The summed E-state index contributed by atoms with van der Waals surface area (Å²) in [6, 6.07) is 0. The van der Waals surface area contributed by atoms with Gasteiger partial charge in [-0.15, -0.1) is 0 Å². The molecule has 1 unspecified atom stereocenters. The van der Waals surface area contributed by atoms with E-state index in [1.54, 1.807) is 6.92 Å². The number of rotatable bonds is 3. The van der Waals surface area contributed by atoms with Gasteiger partial charge in [-0.2, -0.15) is 0 Å². The second kappa shape index (κ2) is 4.55. The predicted octanol–water partition coefficient (Wildman–Crippen LogP) is 1.73. The summed E-state index contributed by atoms with van der Waals surface area (Å²) in [5.41, 5.74) is -1.42. The van der Waals surface area contributed by atoms with Crippen molar-refractivity contribution < 1.29 is 14.7 Å². The van der Waals surface area contributed by atoms with Crippen molar-refractivity contribution in [3.05, 3.63) is 0 Å². The van der Waals surface area contributed by atoms with Crippen LogP contribution in [0.25, 0.3) is 0 Å². The molecule has 0 heterocycles. The molecule has 0 bridgehead atoms. The molecule has 0 aromatic carbocycles. The third-order valence-electron chi connectivity index (χ3n) is 1.83. The first kappa shape index (κ1) is 13.8. The van der Waals surface area contributed by atoms with Crippen LogP contribution in [0.3, 0.4) is 0 Å². The highest BCUT2D eigenvalue weighted by Crippen LogP contribution is 2.27. The highest BCUT2D eigenvalue weighted by Gasteiger charge is 2.39. The second-order valence-electron chi connectivity index (χ2n) is 2.94. The van der Waals surface area contributed by atoms with Crippen LogP contribution in [-0.4, -0.2) is 26.3 Å². The van der Waals surface area contributed by atoms with E-state index in [1.807, 2.05) is 0 Å². The van der Waals surface area contributed by atoms with Crippen molar-refractivity contribution in [1.29, 1.82) is 0 Å². The molecule has 0 aromatic rings. The number of amides is 1. The van der Waals surface area contributed by atoms with Crippen molar-refractivity contribution in [2.24, 2.45) is 0 Å². The largest absolute Gasteiger partial charge is 0.480 e. The minimum Gasteiger partial charge on any atom is -0.480 e. The number of carbonyl (C=O) groups is 2. The fourth-order valence-electron chi connectivity index (χ4n) is 0.615. The highest BCUT2D eigenvalue weighted by atomic mass is 35.6. The van der Waals surface area contributed by atoms with Gasteiger partial charge in [0.15, 0.2) is 0 Å². The van der Waals surface area contributed by atoms with E-state index in [9.17, 15) is 9.59 Å². The molecule has 0 rings (SSSR count). The van der Waals surface area contributed by atoms with Gasteiger partial charge < -0.3 is 10.4 Å². The molecule has 0 aliphatic rings. The third-order valence-corrected chi connectivity index (χ3v) is 2.34. The Hall–Kier alpha value is -0.190. The van der Waals surface area contributed by atoms with Gasteiger partial charge in [-0.25, -0.2) is 4.79 Å². The molecule has 0 saturated heterocycles. The lowest BCUT2D eigenvalue weighted by atomic mass is 9.99. The van der Waals surface area contributed by atoms with Crippen LogP contribution >= 0.6 is 34.8 Å². The van der Waals surface area contributed by atoms with Gasteiger partial charge in [-0.1, -0.05) is 41.7 Å². The van der Waals surface area contributed by atoms with Gasteiger partial charge >= 0.3 is 5.97 Å². The van der Waals surface area contributed by atoms with Gasteiger partial charge in [0, 0.05) is 0 Å². The lowest BCUT2D eigenvalue weighted by molar-refractivity contribution is -0.146. The molecule has 0 aliphatic carbocycles. The van der Waals surface area contributed by atoms with Crippen LogP contribution in [0, 0.1) is 0 Å². The van der Waals surface area contributed by atoms with Gasteiger partial charge in [0.2, 0.25) is 0 Å². The van der Waals surface area contributed by atoms with Crippen molar-refractivity contribution in [2.75, 3.05) is 0 Å². The van der Waals surface area contributed by atoms with Crippen LogP contribution < -0.4 is 5.32 Å². The average Bonchev–Trinajstić information content (AvgIpc) is 2.02. The summed E-state index contributed by atoms with van der Waals surface area (Å²) < 4.78 is -2.15. The maximum Gasteiger partial charge on any atom is 0.329 e. The summed E-state index contributed by atoms with van der Waals surface area (Å²) in [6.45, 7) is 2.94.